The first-order chi connectivity index (χ1) is 15.7. The van der Waals surface area contributed by atoms with E-state index < -0.39 is 23.7 Å². The van der Waals surface area contributed by atoms with E-state index in [1.807, 2.05) is 0 Å². The molecule has 3 heterocycles. The molecule has 0 bridgehead atoms. The fraction of sp³-hybridized carbons (Fsp3) is 0.381. The lowest BCUT2D eigenvalue weighted by atomic mass is 9.95. The SMILES string of the molecule is CCn1ncc(NC(=O)c2ccnc(Cn3nc(C(F)(F)F)c4c3CCCC4)c2)c1C(N)=O. The highest BCUT2D eigenvalue weighted by atomic mass is 19.4. The van der Waals surface area contributed by atoms with Crippen LogP contribution in [-0.2, 0) is 32.1 Å². The smallest absolute Gasteiger partial charge is 0.364 e. The van der Waals surface area contributed by atoms with Crippen LogP contribution < -0.4 is 11.1 Å². The van der Waals surface area contributed by atoms with E-state index in [1.54, 1.807) is 6.92 Å². The van der Waals surface area contributed by atoms with Gasteiger partial charge in [0.1, 0.15) is 5.69 Å². The van der Waals surface area contributed by atoms with Crippen LogP contribution in [-0.4, -0.2) is 36.4 Å². The van der Waals surface area contributed by atoms with Crippen molar-refractivity contribution in [3.05, 3.63) is 58.4 Å². The highest BCUT2D eigenvalue weighted by Gasteiger charge is 2.39. The molecule has 0 saturated heterocycles. The second kappa shape index (κ2) is 8.68. The van der Waals surface area contributed by atoms with E-state index >= 15 is 0 Å². The lowest BCUT2D eigenvalue weighted by Gasteiger charge is -2.14. The van der Waals surface area contributed by atoms with Crippen molar-refractivity contribution in [2.45, 2.75) is 51.9 Å². The van der Waals surface area contributed by atoms with E-state index in [2.05, 4.69) is 20.5 Å². The van der Waals surface area contributed by atoms with Crippen molar-refractivity contribution in [2.24, 2.45) is 5.73 Å². The van der Waals surface area contributed by atoms with E-state index in [9.17, 15) is 22.8 Å². The molecule has 12 heteroatoms. The summed E-state index contributed by atoms with van der Waals surface area (Å²) in [4.78, 5) is 28.7. The van der Waals surface area contributed by atoms with Gasteiger partial charge in [-0.15, -0.1) is 0 Å². The van der Waals surface area contributed by atoms with Crippen LogP contribution in [0.1, 0.15) is 63.3 Å². The molecule has 1 aliphatic carbocycles. The van der Waals surface area contributed by atoms with E-state index in [4.69, 9.17) is 5.73 Å². The number of alkyl halides is 3. The van der Waals surface area contributed by atoms with Crippen LogP contribution in [0.2, 0.25) is 0 Å². The minimum absolute atomic E-state index is 0.000162. The topological polar surface area (TPSA) is 121 Å². The summed E-state index contributed by atoms with van der Waals surface area (Å²) < 4.78 is 43.0. The van der Waals surface area contributed by atoms with Crippen molar-refractivity contribution in [3.63, 3.8) is 0 Å². The largest absolute Gasteiger partial charge is 0.435 e. The van der Waals surface area contributed by atoms with Gasteiger partial charge in [0.05, 0.1) is 24.1 Å². The molecule has 0 fully saturated rings. The molecule has 0 radical (unpaired) electrons. The monoisotopic (exact) mass is 461 g/mol. The summed E-state index contributed by atoms with van der Waals surface area (Å²) in [6.45, 7) is 2.17. The maximum Gasteiger partial charge on any atom is 0.435 e. The second-order valence-electron chi connectivity index (χ2n) is 7.71. The Labute approximate surface area is 186 Å². The Hall–Kier alpha value is -3.70. The zero-order valence-corrected chi connectivity index (χ0v) is 17.8. The van der Waals surface area contributed by atoms with Gasteiger partial charge in [-0.1, -0.05) is 0 Å². The molecular weight excluding hydrogens is 439 g/mol. The fourth-order valence-corrected chi connectivity index (χ4v) is 4.06. The zero-order valence-electron chi connectivity index (χ0n) is 17.8. The number of primary amides is 1. The first-order valence-electron chi connectivity index (χ1n) is 10.5. The minimum Gasteiger partial charge on any atom is -0.364 e. The van der Waals surface area contributed by atoms with Crippen LogP contribution in [0.3, 0.4) is 0 Å². The number of hydrogen-bond acceptors (Lipinski definition) is 5. The molecule has 3 aromatic rings. The quantitative estimate of drug-likeness (QED) is 0.585. The van der Waals surface area contributed by atoms with Gasteiger partial charge < -0.3 is 11.1 Å². The lowest BCUT2D eigenvalue weighted by Crippen LogP contribution is -2.21. The number of aryl methyl sites for hydroxylation is 1. The van der Waals surface area contributed by atoms with Gasteiger partial charge in [0.15, 0.2) is 5.69 Å². The number of nitrogens with zero attached hydrogens (tertiary/aromatic N) is 5. The third kappa shape index (κ3) is 4.45. The van der Waals surface area contributed by atoms with Crippen molar-refractivity contribution in [1.82, 2.24) is 24.5 Å². The number of anilines is 1. The van der Waals surface area contributed by atoms with E-state index in [0.29, 0.717) is 37.2 Å². The Bertz CT molecular complexity index is 1210. The normalized spacial score (nSPS) is 13.6. The van der Waals surface area contributed by atoms with Crippen molar-refractivity contribution in [1.29, 1.82) is 0 Å². The number of carbonyl (C=O) groups excluding carboxylic acids is 2. The van der Waals surface area contributed by atoms with Crippen molar-refractivity contribution >= 4 is 17.5 Å². The number of aromatic nitrogens is 5. The Morgan fingerprint density at radius 2 is 1.97 bits per heavy atom. The first kappa shape index (κ1) is 22.5. The molecule has 0 aliphatic heterocycles. The Morgan fingerprint density at radius 1 is 1.21 bits per heavy atom. The highest BCUT2D eigenvalue weighted by Crippen LogP contribution is 2.36. The Kier molecular flexibility index (Phi) is 5.91. The predicted molar refractivity (Wildman–Crippen MR) is 112 cm³/mol. The average molecular weight is 461 g/mol. The summed E-state index contributed by atoms with van der Waals surface area (Å²) in [5, 5.41) is 10.5. The van der Waals surface area contributed by atoms with Gasteiger partial charge in [-0.3, -0.25) is 23.9 Å². The van der Waals surface area contributed by atoms with E-state index in [0.717, 1.165) is 6.42 Å². The van der Waals surface area contributed by atoms with E-state index in [1.165, 1.54) is 33.9 Å². The highest BCUT2D eigenvalue weighted by molar-refractivity contribution is 6.08. The van der Waals surface area contributed by atoms with Gasteiger partial charge in [0, 0.05) is 29.6 Å². The molecule has 174 valence electrons. The summed E-state index contributed by atoms with van der Waals surface area (Å²) >= 11 is 0. The third-order valence-electron chi connectivity index (χ3n) is 5.54. The molecular formula is C21H22F3N7O2. The van der Waals surface area contributed by atoms with Crippen molar-refractivity contribution < 1.29 is 22.8 Å². The molecule has 0 aromatic carbocycles. The number of carbonyl (C=O) groups is 2. The summed E-state index contributed by atoms with van der Waals surface area (Å²) in [5.74, 6) is -1.26. The number of nitrogens with one attached hydrogen (secondary N) is 1. The summed E-state index contributed by atoms with van der Waals surface area (Å²) in [6, 6.07) is 2.94. The molecule has 9 nitrogen and oxygen atoms in total. The summed E-state index contributed by atoms with van der Waals surface area (Å²) in [7, 11) is 0. The standard InChI is InChI=1S/C21H22F3N7O2/c1-2-30-17(19(25)32)15(10-27-30)28-20(33)12-7-8-26-13(9-12)11-31-16-6-4-3-5-14(16)18(29-31)21(22,23)24/h7-10H,2-6,11H2,1H3,(H2,25,32)(H,28,33). The predicted octanol–water partition coefficient (Wildman–Crippen LogP) is 2.79. The maximum atomic E-state index is 13.4. The van der Waals surface area contributed by atoms with Crippen molar-refractivity contribution in [3.8, 4) is 0 Å². The lowest BCUT2D eigenvalue weighted by molar-refractivity contribution is -0.142. The van der Waals surface area contributed by atoms with Gasteiger partial charge in [-0.25, -0.2) is 0 Å². The zero-order chi connectivity index (χ0) is 23.8. The van der Waals surface area contributed by atoms with Gasteiger partial charge in [0.2, 0.25) is 0 Å². The summed E-state index contributed by atoms with van der Waals surface area (Å²) in [6.07, 6.45) is 0.539. The molecule has 3 N–H and O–H groups in total. The number of pyridine rings is 1. The van der Waals surface area contributed by atoms with Gasteiger partial charge >= 0.3 is 6.18 Å². The van der Waals surface area contributed by atoms with Crippen LogP contribution in [0.4, 0.5) is 18.9 Å². The number of hydrogen-bond donors (Lipinski definition) is 2. The molecule has 0 saturated carbocycles. The molecule has 0 spiro atoms. The Balaban J connectivity index is 1.59. The van der Waals surface area contributed by atoms with Crippen LogP contribution in [0, 0.1) is 0 Å². The third-order valence-corrected chi connectivity index (χ3v) is 5.54. The molecule has 1 aliphatic rings. The van der Waals surface area contributed by atoms with Crippen LogP contribution in [0.15, 0.2) is 24.5 Å². The van der Waals surface area contributed by atoms with Gasteiger partial charge in [-0.05, 0) is 44.7 Å². The second-order valence-corrected chi connectivity index (χ2v) is 7.71. The number of rotatable bonds is 6. The molecule has 2 amide bonds. The van der Waals surface area contributed by atoms with Crippen LogP contribution >= 0.6 is 0 Å². The average Bonchev–Trinajstić information content (AvgIpc) is 3.35. The molecule has 3 aromatic heterocycles. The number of fused-ring (bicyclic) bond motifs is 1. The maximum absolute atomic E-state index is 13.4. The van der Waals surface area contributed by atoms with Crippen molar-refractivity contribution in [2.75, 3.05) is 5.32 Å². The molecule has 4 rings (SSSR count). The summed E-state index contributed by atoms with van der Waals surface area (Å²) in [5.41, 5.74) is 6.19. The van der Waals surface area contributed by atoms with Crippen LogP contribution in [0.5, 0.6) is 0 Å². The Morgan fingerprint density at radius 3 is 2.67 bits per heavy atom. The van der Waals surface area contributed by atoms with Gasteiger partial charge in [-0.2, -0.15) is 23.4 Å². The molecule has 0 unspecified atom stereocenters. The number of halogens is 3. The molecule has 0 atom stereocenters. The van der Waals surface area contributed by atoms with E-state index in [-0.39, 0.29) is 29.1 Å². The fourth-order valence-electron chi connectivity index (χ4n) is 4.06. The first-order valence-corrected chi connectivity index (χ1v) is 10.5. The number of nitrogens with two attached hydrogens (primary N) is 1. The van der Waals surface area contributed by atoms with Crippen LogP contribution in [0.25, 0.3) is 0 Å². The van der Waals surface area contributed by atoms with Gasteiger partial charge in [0.25, 0.3) is 11.8 Å². The number of amides is 2. The molecule has 33 heavy (non-hydrogen) atoms. The minimum atomic E-state index is -4.52.